The highest BCUT2D eigenvalue weighted by Gasteiger charge is 2.27. The minimum absolute atomic E-state index is 0.112. The van der Waals surface area contributed by atoms with E-state index in [9.17, 15) is 9.59 Å². The maximum absolute atomic E-state index is 12.7. The summed E-state index contributed by atoms with van der Waals surface area (Å²) in [6, 6.07) is 14.3. The van der Waals surface area contributed by atoms with Crippen molar-refractivity contribution in [2.45, 2.75) is 27.7 Å². The summed E-state index contributed by atoms with van der Waals surface area (Å²) in [5.41, 5.74) is 0.998. The molecule has 2 aromatic carbocycles. The van der Waals surface area contributed by atoms with E-state index in [0.29, 0.717) is 36.1 Å². The SMILES string of the molecule is CCOC(=O)C(C(=O)OCC)=C(Nc1ccc(OCC)cc1)Nc1ccc(OCC)cc1. The van der Waals surface area contributed by atoms with E-state index in [-0.39, 0.29) is 24.6 Å². The Morgan fingerprint density at radius 1 is 0.625 bits per heavy atom. The summed E-state index contributed by atoms with van der Waals surface area (Å²) in [4.78, 5) is 25.3. The summed E-state index contributed by atoms with van der Waals surface area (Å²) in [6.07, 6.45) is 0. The van der Waals surface area contributed by atoms with Crippen molar-refractivity contribution in [1.82, 2.24) is 0 Å². The third-order valence-corrected chi connectivity index (χ3v) is 4.08. The fourth-order valence-corrected chi connectivity index (χ4v) is 2.74. The first-order chi connectivity index (χ1) is 15.5. The number of esters is 2. The van der Waals surface area contributed by atoms with Crippen molar-refractivity contribution >= 4 is 23.3 Å². The topological polar surface area (TPSA) is 95.1 Å². The molecular formula is C24H30N2O6. The number of anilines is 2. The molecule has 0 saturated heterocycles. The average molecular weight is 443 g/mol. The van der Waals surface area contributed by atoms with Gasteiger partial charge < -0.3 is 29.6 Å². The molecule has 2 N–H and O–H groups in total. The van der Waals surface area contributed by atoms with Crippen LogP contribution in [0.4, 0.5) is 11.4 Å². The number of carbonyl (C=O) groups is 2. The van der Waals surface area contributed by atoms with Gasteiger partial charge in [-0.25, -0.2) is 9.59 Å². The highest BCUT2D eigenvalue weighted by Crippen LogP contribution is 2.22. The lowest BCUT2D eigenvalue weighted by Crippen LogP contribution is -2.26. The molecule has 0 aliphatic heterocycles. The van der Waals surface area contributed by atoms with Crippen molar-refractivity contribution in [3.05, 3.63) is 59.9 Å². The molecule has 2 aromatic rings. The summed E-state index contributed by atoms with van der Waals surface area (Å²) < 4.78 is 21.2. The standard InChI is InChI=1S/C24H30N2O6/c1-5-29-19-13-9-17(10-14-19)25-22(21(23(27)31-7-3)24(28)32-8-4)26-18-11-15-20(16-12-18)30-6-2/h9-16,25-26H,5-8H2,1-4H3. The maximum Gasteiger partial charge on any atom is 0.349 e. The average Bonchev–Trinajstić information content (AvgIpc) is 2.77. The number of hydrogen-bond acceptors (Lipinski definition) is 8. The lowest BCUT2D eigenvalue weighted by molar-refractivity contribution is -0.146. The lowest BCUT2D eigenvalue weighted by Gasteiger charge is -2.18. The Bertz CT molecular complexity index is 834. The highest BCUT2D eigenvalue weighted by molar-refractivity contribution is 6.15. The van der Waals surface area contributed by atoms with Gasteiger partial charge >= 0.3 is 11.9 Å². The third-order valence-electron chi connectivity index (χ3n) is 4.08. The van der Waals surface area contributed by atoms with Crippen LogP contribution in [0.3, 0.4) is 0 Å². The van der Waals surface area contributed by atoms with Gasteiger partial charge in [0.15, 0.2) is 5.57 Å². The Morgan fingerprint density at radius 3 is 1.31 bits per heavy atom. The maximum atomic E-state index is 12.7. The second-order valence-electron chi connectivity index (χ2n) is 6.36. The molecule has 2 rings (SSSR count). The van der Waals surface area contributed by atoms with Gasteiger partial charge in [0, 0.05) is 11.4 Å². The first-order valence-corrected chi connectivity index (χ1v) is 10.6. The highest BCUT2D eigenvalue weighted by atomic mass is 16.6. The van der Waals surface area contributed by atoms with Crippen LogP contribution in [-0.4, -0.2) is 38.4 Å². The molecule has 0 unspecified atom stereocenters. The van der Waals surface area contributed by atoms with Crippen molar-refractivity contribution < 1.29 is 28.5 Å². The van der Waals surface area contributed by atoms with Crippen LogP contribution in [0.5, 0.6) is 11.5 Å². The molecule has 8 nitrogen and oxygen atoms in total. The molecule has 0 bridgehead atoms. The van der Waals surface area contributed by atoms with Crippen molar-refractivity contribution in [3.8, 4) is 11.5 Å². The summed E-state index contributed by atoms with van der Waals surface area (Å²) >= 11 is 0. The molecule has 0 atom stereocenters. The Balaban J connectivity index is 2.45. The van der Waals surface area contributed by atoms with Gasteiger partial charge in [-0.15, -0.1) is 0 Å². The molecule has 0 saturated carbocycles. The van der Waals surface area contributed by atoms with Crippen LogP contribution in [0.1, 0.15) is 27.7 Å². The third kappa shape index (κ3) is 7.23. The van der Waals surface area contributed by atoms with Crippen LogP contribution in [0.25, 0.3) is 0 Å². The van der Waals surface area contributed by atoms with Gasteiger partial charge in [0.25, 0.3) is 0 Å². The van der Waals surface area contributed by atoms with Crippen LogP contribution in [0.2, 0.25) is 0 Å². The fourth-order valence-electron chi connectivity index (χ4n) is 2.74. The summed E-state index contributed by atoms with van der Waals surface area (Å²) in [6.45, 7) is 8.46. The van der Waals surface area contributed by atoms with E-state index in [1.54, 1.807) is 62.4 Å². The van der Waals surface area contributed by atoms with E-state index in [2.05, 4.69) is 10.6 Å². The predicted molar refractivity (Wildman–Crippen MR) is 123 cm³/mol. The molecule has 0 aliphatic rings. The number of carbonyl (C=O) groups excluding carboxylic acids is 2. The van der Waals surface area contributed by atoms with E-state index in [1.165, 1.54) is 0 Å². The largest absolute Gasteiger partial charge is 0.494 e. The van der Waals surface area contributed by atoms with Crippen molar-refractivity contribution in [2.24, 2.45) is 0 Å². The lowest BCUT2D eigenvalue weighted by atomic mass is 10.2. The van der Waals surface area contributed by atoms with E-state index in [4.69, 9.17) is 18.9 Å². The zero-order chi connectivity index (χ0) is 23.3. The minimum Gasteiger partial charge on any atom is -0.494 e. The Kier molecular flexibility index (Phi) is 9.90. The van der Waals surface area contributed by atoms with Crippen LogP contribution >= 0.6 is 0 Å². The molecule has 172 valence electrons. The van der Waals surface area contributed by atoms with Gasteiger partial charge in [-0.3, -0.25) is 0 Å². The van der Waals surface area contributed by atoms with Crippen molar-refractivity contribution in [3.63, 3.8) is 0 Å². The molecular weight excluding hydrogens is 412 g/mol. The number of ether oxygens (including phenoxy) is 4. The van der Waals surface area contributed by atoms with E-state index in [1.807, 2.05) is 13.8 Å². The normalized spacial score (nSPS) is 10.0. The first kappa shape index (κ1) is 24.6. The second kappa shape index (κ2) is 12.9. The fraction of sp³-hybridized carbons (Fsp3) is 0.333. The van der Waals surface area contributed by atoms with Gasteiger partial charge in [0.05, 0.1) is 26.4 Å². The first-order valence-electron chi connectivity index (χ1n) is 10.6. The molecule has 32 heavy (non-hydrogen) atoms. The monoisotopic (exact) mass is 442 g/mol. The molecule has 0 aliphatic carbocycles. The Hall–Kier alpha value is -3.68. The van der Waals surface area contributed by atoms with E-state index < -0.39 is 11.9 Å². The van der Waals surface area contributed by atoms with Gasteiger partial charge in [-0.05, 0) is 76.2 Å². The van der Waals surface area contributed by atoms with E-state index >= 15 is 0 Å². The molecule has 0 fully saturated rings. The van der Waals surface area contributed by atoms with Crippen LogP contribution < -0.4 is 20.1 Å². The van der Waals surface area contributed by atoms with Crippen LogP contribution in [0.15, 0.2) is 59.9 Å². The zero-order valence-electron chi connectivity index (χ0n) is 18.9. The van der Waals surface area contributed by atoms with Gasteiger partial charge in [0.1, 0.15) is 17.3 Å². The van der Waals surface area contributed by atoms with Crippen LogP contribution in [-0.2, 0) is 19.1 Å². The van der Waals surface area contributed by atoms with Crippen molar-refractivity contribution in [1.29, 1.82) is 0 Å². The summed E-state index contributed by atoms with van der Waals surface area (Å²) in [5, 5.41) is 6.19. The summed E-state index contributed by atoms with van der Waals surface area (Å²) in [7, 11) is 0. The number of rotatable bonds is 12. The molecule has 8 heteroatoms. The Morgan fingerprint density at radius 2 is 1.00 bits per heavy atom. The molecule has 0 heterocycles. The number of benzene rings is 2. The van der Waals surface area contributed by atoms with E-state index in [0.717, 1.165) is 0 Å². The van der Waals surface area contributed by atoms with Crippen molar-refractivity contribution in [2.75, 3.05) is 37.1 Å². The smallest absolute Gasteiger partial charge is 0.349 e. The summed E-state index contributed by atoms with van der Waals surface area (Å²) in [5.74, 6) is -0.0380. The molecule has 0 radical (unpaired) electrons. The molecule has 0 aromatic heterocycles. The zero-order valence-corrected chi connectivity index (χ0v) is 18.9. The quantitative estimate of drug-likeness (QED) is 0.217. The van der Waals surface area contributed by atoms with Gasteiger partial charge in [0.2, 0.25) is 0 Å². The predicted octanol–water partition coefficient (Wildman–Crippen LogP) is 4.35. The Labute approximate surface area is 188 Å². The van der Waals surface area contributed by atoms with Gasteiger partial charge in [-0.2, -0.15) is 0 Å². The number of nitrogens with one attached hydrogen (secondary N) is 2. The molecule has 0 spiro atoms. The molecule has 0 amide bonds. The van der Waals surface area contributed by atoms with Crippen LogP contribution in [0, 0.1) is 0 Å². The number of hydrogen-bond donors (Lipinski definition) is 2. The second-order valence-corrected chi connectivity index (χ2v) is 6.36. The minimum atomic E-state index is -0.794. The van der Waals surface area contributed by atoms with Gasteiger partial charge in [-0.1, -0.05) is 0 Å².